The number of carbonyl (C=O) groups excluding carboxylic acids is 2. The lowest BCUT2D eigenvalue weighted by Crippen LogP contribution is -2.17. The maximum Gasteiger partial charge on any atom is 0.330 e. The zero-order valence-electron chi connectivity index (χ0n) is 13.1. The molecule has 2 rings (SSSR count). The molecule has 1 amide bonds. The maximum atomic E-state index is 11.6. The van der Waals surface area contributed by atoms with Gasteiger partial charge in [-0.1, -0.05) is 0 Å². The quantitative estimate of drug-likeness (QED) is 0.470. The fourth-order valence-electron chi connectivity index (χ4n) is 1.76. The van der Waals surface area contributed by atoms with Crippen molar-refractivity contribution < 1.29 is 19.1 Å². The molecular weight excluding hydrogens is 310 g/mol. The summed E-state index contributed by atoms with van der Waals surface area (Å²) in [5.74, 6) is -0.135. The monoisotopic (exact) mass is 327 g/mol. The number of aromatic nitrogens is 2. The molecule has 0 aromatic carbocycles. The van der Waals surface area contributed by atoms with Crippen LogP contribution in [0.4, 0.5) is 0 Å². The highest BCUT2D eigenvalue weighted by Crippen LogP contribution is 2.06. The number of carbonyl (C=O) groups is 2. The number of pyridine rings is 2. The molecule has 0 aliphatic heterocycles. The Morgan fingerprint density at radius 3 is 2.83 bits per heavy atom. The highest BCUT2D eigenvalue weighted by Gasteiger charge is 2.04. The van der Waals surface area contributed by atoms with E-state index < -0.39 is 5.97 Å². The Bertz CT molecular complexity index is 717. The molecule has 0 saturated carbocycles. The molecule has 0 spiro atoms. The van der Waals surface area contributed by atoms with Crippen LogP contribution >= 0.6 is 0 Å². The number of nitrogens with one attached hydrogen (secondary N) is 1. The first-order valence-electron chi connectivity index (χ1n) is 7.24. The van der Waals surface area contributed by atoms with Crippen LogP contribution in [0.1, 0.15) is 15.9 Å². The Kier molecular flexibility index (Phi) is 6.46. The smallest absolute Gasteiger partial charge is 0.330 e. The molecule has 124 valence electrons. The molecule has 24 heavy (non-hydrogen) atoms. The molecular formula is C17H17N3O4. The topological polar surface area (TPSA) is 90.4 Å². The minimum Gasteiger partial charge on any atom is -0.488 e. The summed E-state index contributed by atoms with van der Waals surface area (Å²) in [6.07, 6.45) is 9.02. The Balaban J connectivity index is 1.77. The molecule has 0 atom stereocenters. The summed E-state index contributed by atoms with van der Waals surface area (Å²) in [7, 11) is 1.54. The van der Waals surface area contributed by atoms with Gasteiger partial charge in [0.15, 0.2) is 0 Å². The van der Waals surface area contributed by atoms with Gasteiger partial charge in [-0.2, -0.15) is 0 Å². The molecule has 7 heteroatoms. The van der Waals surface area contributed by atoms with Crippen molar-refractivity contribution >= 4 is 18.0 Å². The van der Waals surface area contributed by atoms with Gasteiger partial charge in [0.25, 0.3) is 5.91 Å². The molecule has 7 nitrogen and oxygen atoms in total. The van der Waals surface area contributed by atoms with Crippen LogP contribution in [0.2, 0.25) is 0 Å². The van der Waals surface area contributed by atoms with Crippen LogP contribution in [0, 0.1) is 0 Å². The van der Waals surface area contributed by atoms with Gasteiger partial charge in [0.2, 0.25) is 0 Å². The van der Waals surface area contributed by atoms with Gasteiger partial charge >= 0.3 is 5.97 Å². The number of amides is 1. The molecule has 0 aliphatic rings. The lowest BCUT2D eigenvalue weighted by Gasteiger charge is -2.05. The average molecular weight is 327 g/mol. The number of hydrogen-bond donors (Lipinski definition) is 1. The number of hydrogen-bond acceptors (Lipinski definition) is 6. The molecule has 0 bridgehead atoms. The zero-order chi connectivity index (χ0) is 17.2. The average Bonchev–Trinajstić information content (AvgIpc) is 2.64. The van der Waals surface area contributed by atoms with Crippen LogP contribution in [-0.4, -0.2) is 42.1 Å². The number of ether oxygens (including phenoxy) is 2. The predicted octanol–water partition coefficient (Wildman–Crippen LogP) is 1.47. The van der Waals surface area contributed by atoms with E-state index in [1.54, 1.807) is 36.8 Å². The van der Waals surface area contributed by atoms with Gasteiger partial charge in [-0.15, -0.1) is 0 Å². The van der Waals surface area contributed by atoms with Gasteiger partial charge in [0, 0.05) is 31.7 Å². The van der Waals surface area contributed by atoms with Gasteiger partial charge in [0.05, 0.1) is 11.8 Å². The van der Waals surface area contributed by atoms with Gasteiger partial charge < -0.3 is 14.8 Å². The van der Waals surface area contributed by atoms with E-state index in [1.807, 2.05) is 0 Å². The summed E-state index contributed by atoms with van der Waals surface area (Å²) < 4.78 is 10.4. The fraction of sp³-hybridized carbons (Fsp3) is 0.176. The maximum absolute atomic E-state index is 11.6. The van der Waals surface area contributed by atoms with E-state index in [9.17, 15) is 9.59 Å². The summed E-state index contributed by atoms with van der Waals surface area (Å²) in [5, 5.41) is 2.51. The standard InChI is InChI=1S/C17H17N3O4/c1-18-17(22)14-9-13(10-20-11-14)4-5-16(21)24-8-7-23-15-3-2-6-19-12-15/h2-6,9-12H,7-8H2,1H3,(H,18,22)/b5-4-. The van der Waals surface area contributed by atoms with Crippen molar-refractivity contribution in [3.63, 3.8) is 0 Å². The van der Waals surface area contributed by atoms with Gasteiger partial charge in [-0.3, -0.25) is 14.8 Å². The lowest BCUT2D eigenvalue weighted by atomic mass is 10.2. The second kappa shape index (κ2) is 9.04. The van der Waals surface area contributed by atoms with Crippen molar-refractivity contribution in [2.45, 2.75) is 0 Å². The predicted molar refractivity (Wildman–Crippen MR) is 87.4 cm³/mol. The Morgan fingerprint density at radius 1 is 1.21 bits per heavy atom. The van der Waals surface area contributed by atoms with Crippen LogP contribution in [0.5, 0.6) is 5.75 Å². The van der Waals surface area contributed by atoms with Crippen LogP contribution in [0.15, 0.2) is 49.1 Å². The second-order valence-corrected chi connectivity index (χ2v) is 4.62. The van der Waals surface area contributed by atoms with Crippen molar-refractivity contribution in [1.82, 2.24) is 15.3 Å². The zero-order valence-corrected chi connectivity index (χ0v) is 13.1. The second-order valence-electron chi connectivity index (χ2n) is 4.62. The molecule has 0 radical (unpaired) electrons. The summed E-state index contributed by atoms with van der Waals surface area (Å²) in [4.78, 5) is 31.0. The number of esters is 1. The van der Waals surface area contributed by atoms with Crippen LogP contribution in [0.3, 0.4) is 0 Å². The van der Waals surface area contributed by atoms with Crippen molar-refractivity contribution in [3.05, 3.63) is 60.2 Å². The molecule has 2 heterocycles. The fourth-order valence-corrected chi connectivity index (χ4v) is 1.76. The van der Waals surface area contributed by atoms with E-state index in [0.717, 1.165) is 0 Å². The Labute approximate surface area is 139 Å². The lowest BCUT2D eigenvalue weighted by molar-refractivity contribution is -0.138. The Morgan fingerprint density at radius 2 is 2.08 bits per heavy atom. The van der Waals surface area contributed by atoms with Crippen LogP contribution in [-0.2, 0) is 9.53 Å². The third-order valence-electron chi connectivity index (χ3n) is 2.89. The first-order valence-corrected chi connectivity index (χ1v) is 7.24. The summed E-state index contributed by atoms with van der Waals surface area (Å²) >= 11 is 0. The Hall–Kier alpha value is -3.22. The van der Waals surface area contributed by atoms with E-state index in [1.165, 1.54) is 25.4 Å². The van der Waals surface area contributed by atoms with E-state index in [2.05, 4.69) is 15.3 Å². The molecule has 0 fully saturated rings. The molecule has 0 saturated heterocycles. The molecule has 0 aliphatic carbocycles. The molecule has 2 aromatic rings. The molecule has 0 unspecified atom stereocenters. The van der Waals surface area contributed by atoms with Crippen molar-refractivity contribution in [1.29, 1.82) is 0 Å². The number of nitrogens with zero attached hydrogens (tertiary/aromatic N) is 2. The summed E-state index contributed by atoms with van der Waals surface area (Å²) in [5.41, 5.74) is 1.04. The summed E-state index contributed by atoms with van der Waals surface area (Å²) in [6, 6.07) is 5.15. The normalized spacial score (nSPS) is 10.4. The first kappa shape index (κ1) is 17.1. The van der Waals surface area contributed by atoms with Crippen LogP contribution in [0.25, 0.3) is 6.08 Å². The van der Waals surface area contributed by atoms with Gasteiger partial charge in [-0.05, 0) is 29.8 Å². The van der Waals surface area contributed by atoms with E-state index >= 15 is 0 Å². The highest BCUT2D eigenvalue weighted by atomic mass is 16.6. The van der Waals surface area contributed by atoms with Crippen molar-refractivity contribution in [3.8, 4) is 5.75 Å². The van der Waals surface area contributed by atoms with E-state index in [4.69, 9.17) is 9.47 Å². The third-order valence-corrected chi connectivity index (χ3v) is 2.89. The number of rotatable bonds is 7. The van der Waals surface area contributed by atoms with Crippen molar-refractivity contribution in [2.75, 3.05) is 20.3 Å². The third kappa shape index (κ3) is 5.53. The minimum atomic E-state index is -0.505. The van der Waals surface area contributed by atoms with E-state index in [0.29, 0.717) is 16.9 Å². The van der Waals surface area contributed by atoms with E-state index in [-0.39, 0.29) is 19.1 Å². The SMILES string of the molecule is CNC(=O)c1cncc(/C=C\C(=O)OCCOc2cccnc2)c1. The largest absolute Gasteiger partial charge is 0.488 e. The minimum absolute atomic E-state index is 0.120. The highest BCUT2D eigenvalue weighted by molar-refractivity contribution is 5.94. The summed E-state index contributed by atoms with van der Waals surface area (Å²) in [6.45, 7) is 0.355. The molecule has 1 N–H and O–H groups in total. The first-order chi connectivity index (χ1) is 11.7. The van der Waals surface area contributed by atoms with Crippen molar-refractivity contribution in [2.24, 2.45) is 0 Å². The molecule has 2 aromatic heterocycles. The van der Waals surface area contributed by atoms with Gasteiger partial charge in [0.1, 0.15) is 19.0 Å². The van der Waals surface area contributed by atoms with Crippen LogP contribution < -0.4 is 10.1 Å². The van der Waals surface area contributed by atoms with Gasteiger partial charge in [-0.25, -0.2) is 4.79 Å².